The van der Waals surface area contributed by atoms with Crippen LogP contribution in [0.15, 0.2) is 30.5 Å². The lowest BCUT2D eigenvalue weighted by Crippen LogP contribution is -1.96. The number of rotatable bonds is 2. The Morgan fingerprint density at radius 1 is 1.35 bits per heavy atom. The lowest BCUT2D eigenvalue weighted by atomic mass is 9.97. The molecule has 1 aromatic carbocycles. The highest BCUT2D eigenvalue weighted by molar-refractivity contribution is 6.29. The Morgan fingerprint density at radius 2 is 2.06 bits per heavy atom. The van der Waals surface area contributed by atoms with Crippen LogP contribution < -0.4 is 0 Å². The first kappa shape index (κ1) is 11.7. The summed E-state index contributed by atoms with van der Waals surface area (Å²) in [4.78, 5) is 14.7. The maximum Gasteiger partial charge on any atom is 0.168 e. The van der Waals surface area contributed by atoms with Crippen molar-refractivity contribution < 1.29 is 9.18 Å². The summed E-state index contributed by atoms with van der Waals surface area (Å²) in [6.45, 7) is 1.73. The number of aromatic nitrogens is 1. The van der Waals surface area contributed by atoms with E-state index in [4.69, 9.17) is 11.6 Å². The molecule has 1 heterocycles. The van der Waals surface area contributed by atoms with Gasteiger partial charge in [-0.3, -0.25) is 4.79 Å². The highest BCUT2D eigenvalue weighted by atomic mass is 35.5. The third-order valence-electron chi connectivity index (χ3n) is 2.52. The van der Waals surface area contributed by atoms with E-state index in [0.717, 1.165) is 0 Å². The molecule has 2 aromatic rings. The molecule has 0 aliphatic rings. The predicted octanol–water partition coefficient (Wildman–Crippen LogP) is 3.66. The molecule has 0 fully saturated rings. The van der Waals surface area contributed by atoms with Gasteiger partial charge in [0.25, 0.3) is 0 Å². The van der Waals surface area contributed by atoms with Crippen LogP contribution in [0.5, 0.6) is 0 Å². The molecule has 4 heteroatoms. The second-order valence-corrected chi connectivity index (χ2v) is 3.98. The molecule has 0 radical (unpaired) electrons. The molecule has 2 nitrogen and oxygen atoms in total. The van der Waals surface area contributed by atoms with Crippen molar-refractivity contribution in [2.75, 3.05) is 0 Å². The molecule has 0 atom stereocenters. The van der Waals surface area contributed by atoms with E-state index in [1.165, 1.54) is 6.20 Å². The molecule has 0 bridgehead atoms. The van der Waals surface area contributed by atoms with Crippen LogP contribution in [0, 0.1) is 12.7 Å². The average Bonchev–Trinajstić information content (AvgIpc) is 2.35. The van der Waals surface area contributed by atoms with Crippen LogP contribution in [-0.2, 0) is 0 Å². The number of nitrogens with zero attached hydrogens (tertiary/aromatic N) is 1. The summed E-state index contributed by atoms with van der Waals surface area (Å²) in [6, 6.07) is 6.79. The predicted molar refractivity (Wildman–Crippen MR) is 64.8 cm³/mol. The van der Waals surface area contributed by atoms with Crippen LogP contribution in [0.1, 0.15) is 15.9 Å². The smallest absolute Gasteiger partial charge is 0.168 e. The van der Waals surface area contributed by atoms with Crippen molar-refractivity contribution in [2.24, 2.45) is 0 Å². The number of carbonyl (C=O) groups is 1. The van der Waals surface area contributed by atoms with Crippen LogP contribution >= 0.6 is 11.6 Å². The zero-order valence-corrected chi connectivity index (χ0v) is 9.83. The lowest BCUT2D eigenvalue weighted by molar-refractivity contribution is 0.112. The van der Waals surface area contributed by atoms with Crippen LogP contribution in [0.25, 0.3) is 11.1 Å². The topological polar surface area (TPSA) is 30.0 Å². The summed E-state index contributed by atoms with van der Waals surface area (Å²) in [7, 11) is 0. The van der Waals surface area contributed by atoms with Gasteiger partial charge in [-0.1, -0.05) is 35.9 Å². The maximum absolute atomic E-state index is 14.0. The second-order valence-electron chi connectivity index (χ2n) is 3.63. The molecule has 0 aliphatic carbocycles. The van der Waals surface area contributed by atoms with E-state index in [-0.39, 0.29) is 5.15 Å². The fraction of sp³-hybridized carbons (Fsp3) is 0.0769. The van der Waals surface area contributed by atoms with Crippen LogP contribution in [0.4, 0.5) is 4.39 Å². The van der Waals surface area contributed by atoms with E-state index in [0.29, 0.717) is 28.5 Å². The molecule has 0 aliphatic heterocycles. The van der Waals surface area contributed by atoms with Gasteiger partial charge in [0.1, 0.15) is 0 Å². The van der Waals surface area contributed by atoms with E-state index in [1.54, 1.807) is 31.2 Å². The second kappa shape index (κ2) is 4.63. The summed E-state index contributed by atoms with van der Waals surface area (Å²) in [6.07, 6.45) is 2.19. The minimum absolute atomic E-state index is 0.189. The first-order valence-electron chi connectivity index (χ1n) is 5.00. The number of hydrogen-bond acceptors (Lipinski definition) is 2. The van der Waals surface area contributed by atoms with Crippen molar-refractivity contribution in [3.63, 3.8) is 0 Å². The molecular formula is C13H9ClFNO. The Labute approximate surface area is 103 Å². The summed E-state index contributed by atoms with van der Waals surface area (Å²) >= 11 is 5.66. The number of carbonyl (C=O) groups excluding carboxylic acids is 1. The first-order chi connectivity index (χ1) is 8.15. The normalized spacial score (nSPS) is 10.3. The molecule has 17 heavy (non-hydrogen) atoms. The molecule has 0 saturated carbocycles. The number of halogens is 2. The SMILES string of the molecule is Cc1cnc(Cl)c(F)c1-c1ccccc1C=O. The molecule has 0 spiro atoms. The molecule has 0 unspecified atom stereocenters. The van der Waals surface area contributed by atoms with Crippen LogP contribution in [0.2, 0.25) is 5.15 Å². The zero-order valence-electron chi connectivity index (χ0n) is 9.08. The monoisotopic (exact) mass is 249 g/mol. The molecule has 0 N–H and O–H groups in total. The third-order valence-corrected chi connectivity index (χ3v) is 2.79. The number of pyridine rings is 1. The van der Waals surface area contributed by atoms with Crippen molar-refractivity contribution in [1.29, 1.82) is 0 Å². The molecule has 0 saturated heterocycles. The number of benzene rings is 1. The molecular weight excluding hydrogens is 241 g/mol. The van der Waals surface area contributed by atoms with E-state index < -0.39 is 5.82 Å². The van der Waals surface area contributed by atoms with Gasteiger partial charge in [0.15, 0.2) is 17.3 Å². The summed E-state index contributed by atoms with van der Waals surface area (Å²) in [5.41, 5.74) is 1.92. The highest BCUT2D eigenvalue weighted by Crippen LogP contribution is 2.31. The number of hydrogen-bond donors (Lipinski definition) is 0. The van der Waals surface area contributed by atoms with Gasteiger partial charge in [0.05, 0.1) is 0 Å². The van der Waals surface area contributed by atoms with Gasteiger partial charge in [-0.25, -0.2) is 9.37 Å². The Hall–Kier alpha value is -1.74. The summed E-state index contributed by atoms with van der Waals surface area (Å²) in [5.74, 6) is -0.596. The number of aldehydes is 1. The van der Waals surface area contributed by atoms with Crippen molar-refractivity contribution >= 4 is 17.9 Å². The van der Waals surface area contributed by atoms with Crippen LogP contribution in [-0.4, -0.2) is 11.3 Å². The summed E-state index contributed by atoms with van der Waals surface area (Å²) < 4.78 is 14.0. The van der Waals surface area contributed by atoms with Gasteiger partial charge in [0.2, 0.25) is 0 Å². The quantitative estimate of drug-likeness (QED) is 0.601. The largest absolute Gasteiger partial charge is 0.298 e. The minimum Gasteiger partial charge on any atom is -0.298 e. The van der Waals surface area contributed by atoms with Gasteiger partial charge < -0.3 is 0 Å². The Balaban J connectivity index is 2.76. The van der Waals surface area contributed by atoms with E-state index in [9.17, 15) is 9.18 Å². The van der Waals surface area contributed by atoms with Crippen molar-refractivity contribution in [3.05, 3.63) is 52.6 Å². The van der Waals surface area contributed by atoms with E-state index in [1.807, 2.05) is 0 Å². The molecule has 2 rings (SSSR count). The summed E-state index contributed by atoms with van der Waals surface area (Å²) in [5, 5.41) is -0.189. The van der Waals surface area contributed by atoms with Crippen molar-refractivity contribution in [2.45, 2.75) is 6.92 Å². The van der Waals surface area contributed by atoms with Gasteiger partial charge in [0, 0.05) is 17.3 Å². The van der Waals surface area contributed by atoms with Crippen LogP contribution in [0.3, 0.4) is 0 Å². The Morgan fingerprint density at radius 3 is 2.76 bits per heavy atom. The Kier molecular flexibility index (Phi) is 3.20. The van der Waals surface area contributed by atoms with E-state index >= 15 is 0 Å². The maximum atomic E-state index is 14.0. The molecule has 86 valence electrons. The van der Waals surface area contributed by atoms with E-state index in [2.05, 4.69) is 4.98 Å². The average molecular weight is 250 g/mol. The van der Waals surface area contributed by atoms with Gasteiger partial charge in [-0.05, 0) is 18.1 Å². The lowest BCUT2D eigenvalue weighted by Gasteiger charge is -2.10. The zero-order chi connectivity index (χ0) is 12.4. The van der Waals surface area contributed by atoms with Gasteiger partial charge >= 0.3 is 0 Å². The van der Waals surface area contributed by atoms with Crippen molar-refractivity contribution in [3.8, 4) is 11.1 Å². The minimum atomic E-state index is -0.596. The molecule has 0 amide bonds. The molecule has 1 aromatic heterocycles. The van der Waals surface area contributed by atoms with Gasteiger partial charge in [-0.2, -0.15) is 0 Å². The third kappa shape index (κ3) is 2.06. The standard InChI is InChI=1S/C13H9ClFNO/c1-8-6-16-13(14)12(15)11(8)10-5-3-2-4-9(10)7-17/h2-7H,1H3. The highest BCUT2D eigenvalue weighted by Gasteiger charge is 2.15. The fourth-order valence-electron chi connectivity index (χ4n) is 1.71. The van der Waals surface area contributed by atoms with Gasteiger partial charge in [-0.15, -0.1) is 0 Å². The Bertz CT molecular complexity index is 584. The fourth-order valence-corrected chi connectivity index (χ4v) is 1.85. The first-order valence-corrected chi connectivity index (χ1v) is 5.38. The van der Waals surface area contributed by atoms with Crippen molar-refractivity contribution in [1.82, 2.24) is 4.98 Å². The number of aryl methyl sites for hydroxylation is 1.